The summed E-state index contributed by atoms with van der Waals surface area (Å²) >= 11 is 1.16. The van der Waals surface area contributed by atoms with Gasteiger partial charge in [-0.05, 0) is 53.4 Å². The quantitative estimate of drug-likeness (QED) is 0.403. The molecule has 1 fully saturated rings. The topological polar surface area (TPSA) is 95.5 Å². The molecule has 0 bridgehead atoms. The summed E-state index contributed by atoms with van der Waals surface area (Å²) in [5.74, 6) is 1.66. The lowest BCUT2D eigenvalue weighted by Gasteiger charge is -2.12. The standard InChI is InChI=1S/C25H20N4O4S/c30-23(19-10-11-26-12-20(19)18-6-2-1-5-17(18)15-8-9-15)27-24-28-29-25(34-24)31-13-16-4-3-7-21-22(16)33-14-32-21/h1-7,10-12,15H,8-9,13-14H2,(H,27,28,30). The molecule has 0 radical (unpaired) electrons. The second-order valence-electron chi connectivity index (χ2n) is 8.05. The Morgan fingerprint density at radius 3 is 2.88 bits per heavy atom. The van der Waals surface area contributed by atoms with Crippen molar-refractivity contribution >= 4 is 22.4 Å². The molecule has 4 aromatic rings. The van der Waals surface area contributed by atoms with Crippen molar-refractivity contribution in [2.24, 2.45) is 0 Å². The minimum Gasteiger partial charge on any atom is -0.464 e. The maximum absolute atomic E-state index is 13.2. The first-order chi connectivity index (χ1) is 16.8. The molecule has 1 N–H and O–H groups in total. The Kier molecular flexibility index (Phi) is 5.31. The molecule has 8 nitrogen and oxygen atoms in total. The van der Waals surface area contributed by atoms with Crippen LogP contribution >= 0.6 is 11.3 Å². The van der Waals surface area contributed by atoms with Gasteiger partial charge in [-0.2, -0.15) is 0 Å². The zero-order chi connectivity index (χ0) is 22.9. The second-order valence-corrected chi connectivity index (χ2v) is 8.99. The molecule has 2 aliphatic rings. The van der Waals surface area contributed by atoms with Crippen LogP contribution in [0.3, 0.4) is 0 Å². The van der Waals surface area contributed by atoms with Gasteiger partial charge in [-0.15, -0.1) is 5.10 Å². The Bertz CT molecular complexity index is 1370. The van der Waals surface area contributed by atoms with Gasteiger partial charge >= 0.3 is 0 Å². The molecule has 1 saturated carbocycles. The molecule has 1 aliphatic carbocycles. The fourth-order valence-corrected chi connectivity index (χ4v) is 4.62. The number of para-hydroxylation sites is 1. The zero-order valence-electron chi connectivity index (χ0n) is 18.1. The van der Waals surface area contributed by atoms with Crippen molar-refractivity contribution in [1.29, 1.82) is 0 Å². The molecule has 3 heterocycles. The number of pyridine rings is 1. The van der Waals surface area contributed by atoms with Crippen LogP contribution in [0.25, 0.3) is 11.1 Å². The maximum Gasteiger partial charge on any atom is 0.296 e. The highest BCUT2D eigenvalue weighted by atomic mass is 32.1. The fraction of sp³-hybridized carbons (Fsp3) is 0.200. The third-order valence-corrected chi connectivity index (χ3v) is 6.54. The molecule has 0 unspecified atom stereocenters. The highest BCUT2D eigenvalue weighted by Crippen LogP contribution is 2.44. The third-order valence-electron chi connectivity index (χ3n) is 5.79. The van der Waals surface area contributed by atoms with Crippen LogP contribution in [0.2, 0.25) is 0 Å². The minimum atomic E-state index is -0.267. The molecule has 2 aromatic carbocycles. The molecule has 6 rings (SSSR count). The number of amides is 1. The van der Waals surface area contributed by atoms with Crippen molar-refractivity contribution in [3.8, 4) is 27.8 Å². The molecule has 170 valence electrons. The van der Waals surface area contributed by atoms with E-state index in [1.165, 1.54) is 18.4 Å². The Hall–Kier alpha value is -3.98. The first-order valence-corrected chi connectivity index (χ1v) is 11.8. The summed E-state index contributed by atoms with van der Waals surface area (Å²) in [5.41, 5.74) is 4.51. The largest absolute Gasteiger partial charge is 0.464 e. The number of aromatic nitrogens is 3. The number of benzene rings is 2. The zero-order valence-corrected chi connectivity index (χ0v) is 18.9. The van der Waals surface area contributed by atoms with Gasteiger partial charge in [-0.25, -0.2) is 0 Å². The van der Waals surface area contributed by atoms with Crippen LogP contribution in [0.15, 0.2) is 60.9 Å². The highest BCUT2D eigenvalue weighted by molar-refractivity contribution is 7.17. The fourth-order valence-electron chi connectivity index (χ4n) is 4.03. The van der Waals surface area contributed by atoms with E-state index in [0.717, 1.165) is 28.0 Å². The van der Waals surface area contributed by atoms with E-state index in [4.69, 9.17) is 14.2 Å². The van der Waals surface area contributed by atoms with E-state index in [9.17, 15) is 4.79 Å². The summed E-state index contributed by atoms with van der Waals surface area (Å²) in [4.78, 5) is 17.4. The normalized spacial score (nSPS) is 14.1. The number of hydrogen-bond acceptors (Lipinski definition) is 8. The minimum absolute atomic E-state index is 0.198. The van der Waals surface area contributed by atoms with Gasteiger partial charge in [0.15, 0.2) is 11.5 Å². The van der Waals surface area contributed by atoms with Gasteiger partial charge in [0.25, 0.3) is 11.1 Å². The van der Waals surface area contributed by atoms with E-state index >= 15 is 0 Å². The smallest absolute Gasteiger partial charge is 0.296 e. The first-order valence-electron chi connectivity index (χ1n) is 10.9. The van der Waals surface area contributed by atoms with E-state index in [1.807, 2.05) is 36.4 Å². The predicted octanol–water partition coefficient (Wildman–Crippen LogP) is 5.04. The summed E-state index contributed by atoms with van der Waals surface area (Å²) in [6, 6.07) is 15.6. The second kappa shape index (κ2) is 8.75. The summed E-state index contributed by atoms with van der Waals surface area (Å²) in [5, 5.41) is 11.7. The van der Waals surface area contributed by atoms with Gasteiger partial charge in [-0.3, -0.25) is 15.1 Å². The SMILES string of the molecule is O=C(Nc1nnc(OCc2cccc3c2OCO3)s1)c1ccncc1-c1ccccc1C1CC1. The number of fused-ring (bicyclic) bond motifs is 1. The van der Waals surface area contributed by atoms with Gasteiger partial charge in [0, 0.05) is 23.5 Å². The van der Waals surface area contributed by atoms with Gasteiger partial charge in [0.1, 0.15) is 6.61 Å². The molecule has 9 heteroatoms. The average molecular weight is 473 g/mol. The predicted molar refractivity (Wildman–Crippen MR) is 126 cm³/mol. The van der Waals surface area contributed by atoms with E-state index in [-0.39, 0.29) is 19.3 Å². The summed E-state index contributed by atoms with van der Waals surface area (Å²) in [7, 11) is 0. The summed E-state index contributed by atoms with van der Waals surface area (Å²) in [6.45, 7) is 0.449. The van der Waals surface area contributed by atoms with Crippen molar-refractivity contribution in [1.82, 2.24) is 15.2 Å². The monoisotopic (exact) mass is 472 g/mol. The van der Waals surface area contributed by atoms with Crippen LogP contribution in [-0.4, -0.2) is 27.9 Å². The van der Waals surface area contributed by atoms with Crippen LogP contribution in [0.5, 0.6) is 16.7 Å². The number of nitrogens with zero attached hydrogens (tertiary/aromatic N) is 3. The Labute approximate surface area is 199 Å². The van der Waals surface area contributed by atoms with Crippen molar-refractivity contribution in [3.63, 3.8) is 0 Å². The Balaban J connectivity index is 1.17. The maximum atomic E-state index is 13.2. The van der Waals surface area contributed by atoms with Gasteiger partial charge in [-0.1, -0.05) is 41.5 Å². The summed E-state index contributed by atoms with van der Waals surface area (Å²) < 4.78 is 16.7. The number of anilines is 1. The van der Waals surface area contributed by atoms with Crippen LogP contribution in [-0.2, 0) is 6.61 Å². The lowest BCUT2D eigenvalue weighted by Crippen LogP contribution is -2.13. The molecule has 1 amide bonds. The lowest BCUT2D eigenvalue weighted by atomic mass is 9.94. The van der Waals surface area contributed by atoms with E-state index in [0.29, 0.717) is 33.3 Å². The number of rotatable bonds is 7. The third kappa shape index (κ3) is 4.06. The lowest BCUT2D eigenvalue weighted by molar-refractivity contribution is 0.102. The van der Waals surface area contributed by atoms with E-state index in [1.54, 1.807) is 18.5 Å². The van der Waals surface area contributed by atoms with Gasteiger partial charge < -0.3 is 14.2 Å². The van der Waals surface area contributed by atoms with E-state index in [2.05, 4.69) is 26.6 Å². The Morgan fingerprint density at radius 2 is 1.97 bits per heavy atom. The highest BCUT2D eigenvalue weighted by Gasteiger charge is 2.27. The number of carbonyl (C=O) groups excluding carboxylic acids is 1. The molecular weight excluding hydrogens is 452 g/mol. The average Bonchev–Trinajstić information content (AvgIpc) is 3.43. The number of ether oxygens (including phenoxy) is 3. The molecule has 0 saturated heterocycles. The van der Waals surface area contributed by atoms with Crippen molar-refractivity contribution in [3.05, 3.63) is 77.6 Å². The molecular formula is C25H20N4O4S. The molecule has 1 aliphatic heterocycles. The summed E-state index contributed by atoms with van der Waals surface area (Å²) in [6.07, 6.45) is 5.72. The van der Waals surface area contributed by atoms with E-state index < -0.39 is 0 Å². The molecule has 0 atom stereocenters. The van der Waals surface area contributed by atoms with Crippen LogP contribution < -0.4 is 19.5 Å². The van der Waals surface area contributed by atoms with Gasteiger partial charge in [0.2, 0.25) is 11.9 Å². The Morgan fingerprint density at radius 1 is 1.06 bits per heavy atom. The van der Waals surface area contributed by atoms with Crippen molar-refractivity contribution in [2.45, 2.75) is 25.4 Å². The number of hydrogen-bond donors (Lipinski definition) is 1. The van der Waals surface area contributed by atoms with Crippen molar-refractivity contribution < 1.29 is 19.0 Å². The molecule has 2 aromatic heterocycles. The first kappa shape index (κ1) is 20.6. The van der Waals surface area contributed by atoms with Crippen LogP contribution in [0, 0.1) is 0 Å². The number of carbonyl (C=O) groups is 1. The molecule has 0 spiro atoms. The van der Waals surface area contributed by atoms with Crippen molar-refractivity contribution in [2.75, 3.05) is 12.1 Å². The van der Waals surface area contributed by atoms with Crippen LogP contribution in [0.4, 0.5) is 5.13 Å². The molecule has 34 heavy (non-hydrogen) atoms. The van der Waals surface area contributed by atoms with Gasteiger partial charge in [0.05, 0.1) is 5.56 Å². The number of nitrogens with one attached hydrogen (secondary N) is 1. The van der Waals surface area contributed by atoms with Crippen LogP contribution in [0.1, 0.15) is 40.2 Å².